The summed E-state index contributed by atoms with van der Waals surface area (Å²) in [6.07, 6.45) is 4.44. The summed E-state index contributed by atoms with van der Waals surface area (Å²) in [6.45, 7) is 10.5. The number of aliphatic hydroxyl groups excluding tert-OH is 1. The van der Waals surface area contributed by atoms with Crippen molar-refractivity contribution in [3.05, 3.63) is 42.0 Å². The number of amides is 2. The standard InChI is InChI=1S/C28H38N2O6/c1-5-15-29(23-18(3)11-10-12-19(23)4)26(33)24-28-14-13-20(36-28)21(27(34)35-6-2)22(28)25(32)30(24)16-8-7-9-17-31/h5,10-12,20-22,24,31H,1,6-9,13-17H2,2-4H3/t20-,21+,22+,24-,28+/m0/s1. The maximum Gasteiger partial charge on any atom is 0.312 e. The van der Waals surface area contributed by atoms with Crippen LogP contribution in [-0.4, -0.2) is 71.8 Å². The number of unbranched alkanes of at least 4 members (excludes halogenated alkanes) is 2. The van der Waals surface area contributed by atoms with Crippen LogP contribution in [0.3, 0.4) is 0 Å². The highest BCUT2D eigenvalue weighted by Crippen LogP contribution is 2.59. The van der Waals surface area contributed by atoms with Gasteiger partial charge in [-0.25, -0.2) is 0 Å². The molecule has 0 aromatic heterocycles. The van der Waals surface area contributed by atoms with Gasteiger partial charge in [-0.1, -0.05) is 24.3 Å². The highest BCUT2D eigenvalue weighted by molar-refractivity contribution is 6.05. The molecule has 2 bridgehead atoms. The van der Waals surface area contributed by atoms with Crippen molar-refractivity contribution in [3.8, 4) is 0 Å². The van der Waals surface area contributed by atoms with E-state index in [9.17, 15) is 19.5 Å². The van der Waals surface area contributed by atoms with E-state index in [0.717, 1.165) is 23.2 Å². The van der Waals surface area contributed by atoms with E-state index in [1.165, 1.54) is 0 Å². The molecule has 196 valence electrons. The van der Waals surface area contributed by atoms with Gasteiger partial charge < -0.3 is 24.4 Å². The van der Waals surface area contributed by atoms with Crippen LogP contribution in [0.2, 0.25) is 0 Å². The molecule has 4 rings (SSSR count). The number of benzene rings is 1. The van der Waals surface area contributed by atoms with E-state index in [1.807, 2.05) is 32.0 Å². The topological polar surface area (TPSA) is 96.4 Å². The Hall–Kier alpha value is -2.71. The Morgan fingerprint density at radius 1 is 1.28 bits per heavy atom. The zero-order valence-electron chi connectivity index (χ0n) is 21.6. The lowest BCUT2D eigenvalue weighted by molar-refractivity contribution is -0.154. The zero-order chi connectivity index (χ0) is 26.0. The number of aliphatic hydroxyl groups is 1. The first-order valence-electron chi connectivity index (χ1n) is 13.1. The molecule has 8 nitrogen and oxygen atoms in total. The third-order valence-electron chi connectivity index (χ3n) is 7.94. The molecule has 1 N–H and O–H groups in total. The van der Waals surface area contributed by atoms with Crippen molar-refractivity contribution in [2.45, 2.75) is 70.6 Å². The van der Waals surface area contributed by atoms with E-state index in [0.29, 0.717) is 38.8 Å². The number of aryl methyl sites for hydroxylation is 2. The number of esters is 1. The van der Waals surface area contributed by atoms with Crippen LogP contribution in [0.5, 0.6) is 0 Å². The van der Waals surface area contributed by atoms with Crippen LogP contribution in [0, 0.1) is 25.7 Å². The van der Waals surface area contributed by atoms with Crippen molar-refractivity contribution in [1.29, 1.82) is 0 Å². The lowest BCUT2D eigenvalue weighted by Gasteiger charge is -2.37. The van der Waals surface area contributed by atoms with Crippen molar-refractivity contribution < 1.29 is 29.0 Å². The number of likely N-dealkylation sites (tertiary alicyclic amines) is 1. The van der Waals surface area contributed by atoms with Crippen LogP contribution in [0.1, 0.15) is 50.2 Å². The van der Waals surface area contributed by atoms with Gasteiger partial charge in [-0.15, -0.1) is 6.58 Å². The number of nitrogens with zero attached hydrogens (tertiary/aromatic N) is 2. The molecular formula is C28H38N2O6. The number of carbonyl (C=O) groups excluding carboxylic acids is 3. The number of carbonyl (C=O) groups is 3. The molecular weight excluding hydrogens is 460 g/mol. The average molecular weight is 499 g/mol. The van der Waals surface area contributed by atoms with Crippen LogP contribution < -0.4 is 4.90 Å². The quantitative estimate of drug-likeness (QED) is 0.286. The summed E-state index contributed by atoms with van der Waals surface area (Å²) < 4.78 is 11.8. The third kappa shape index (κ3) is 4.24. The molecule has 0 radical (unpaired) electrons. The molecule has 36 heavy (non-hydrogen) atoms. The fraction of sp³-hybridized carbons (Fsp3) is 0.607. The van der Waals surface area contributed by atoms with Crippen molar-refractivity contribution in [2.75, 3.05) is 31.2 Å². The number of hydrogen-bond donors (Lipinski definition) is 1. The minimum atomic E-state index is -1.05. The van der Waals surface area contributed by atoms with Crippen molar-refractivity contribution in [1.82, 2.24) is 4.90 Å². The van der Waals surface area contributed by atoms with Crippen molar-refractivity contribution in [3.63, 3.8) is 0 Å². The molecule has 3 saturated heterocycles. The number of ether oxygens (including phenoxy) is 2. The zero-order valence-corrected chi connectivity index (χ0v) is 21.6. The second kappa shape index (κ2) is 10.7. The highest BCUT2D eigenvalue weighted by Gasteiger charge is 2.75. The molecule has 5 atom stereocenters. The van der Waals surface area contributed by atoms with Gasteiger partial charge in [-0.2, -0.15) is 0 Å². The summed E-state index contributed by atoms with van der Waals surface area (Å²) in [4.78, 5) is 44.7. The number of anilines is 1. The van der Waals surface area contributed by atoms with Crippen LogP contribution in [0.15, 0.2) is 30.9 Å². The molecule has 0 unspecified atom stereocenters. The SMILES string of the molecule is C=CCN(C(=O)[C@@H]1N(CCCCCO)C(=O)[C@H]2[C@H](C(=O)OCC)[C@@H]3CC[C@]12O3)c1c(C)cccc1C. The minimum Gasteiger partial charge on any atom is -0.466 e. The Morgan fingerprint density at radius 2 is 2.00 bits per heavy atom. The molecule has 3 aliphatic heterocycles. The summed E-state index contributed by atoms with van der Waals surface area (Å²) in [7, 11) is 0. The number of fused-ring (bicyclic) bond motifs is 1. The third-order valence-corrected chi connectivity index (χ3v) is 7.94. The fourth-order valence-corrected chi connectivity index (χ4v) is 6.55. The van der Waals surface area contributed by atoms with Gasteiger partial charge in [-0.3, -0.25) is 14.4 Å². The Labute approximate surface area is 213 Å². The lowest BCUT2D eigenvalue weighted by atomic mass is 9.70. The van der Waals surface area contributed by atoms with E-state index in [1.54, 1.807) is 22.8 Å². The predicted molar refractivity (Wildman–Crippen MR) is 135 cm³/mol. The Morgan fingerprint density at radius 3 is 2.64 bits per heavy atom. The smallest absolute Gasteiger partial charge is 0.312 e. The van der Waals surface area contributed by atoms with Crippen molar-refractivity contribution >= 4 is 23.5 Å². The van der Waals surface area contributed by atoms with E-state index in [2.05, 4.69) is 6.58 Å². The maximum absolute atomic E-state index is 14.5. The Kier molecular flexibility index (Phi) is 7.85. The van der Waals surface area contributed by atoms with Gasteiger partial charge >= 0.3 is 5.97 Å². The van der Waals surface area contributed by atoms with Gasteiger partial charge in [0.2, 0.25) is 5.91 Å². The first-order chi connectivity index (χ1) is 17.3. The van der Waals surface area contributed by atoms with E-state index in [4.69, 9.17) is 9.47 Å². The van der Waals surface area contributed by atoms with Gasteiger partial charge in [0.15, 0.2) is 0 Å². The number of rotatable bonds is 11. The monoisotopic (exact) mass is 498 g/mol. The molecule has 3 aliphatic rings. The van der Waals surface area contributed by atoms with Crippen LogP contribution in [-0.2, 0) is 23.9 Å². The summed E-state index contributed by atoms with van der Waals surface area (Å²) in [6, 6.07) is 5.05. The predicted octanol–water partition coefficient (Wildman–Crippen LogP) is 2.92. The van der Waals surface area contributed by atoms with Gasteiger partial charge in [0, 0.05) is 25.4 Å². The maximum atomic E-state index is 14.5. The highest BCUT2D eigenvalue weighted by atomic mass is 16.6. The minimum absolute atomic E-state index is 0.0816. The second-order valence-electron chi connectivity index (χ2n) is 10.1. The van der Waals surface area contributed by atoms with Gasteiger partial charge in [-0.05, 0) is 64.0 Å². The lowest BCUT2D eigenvalue weighted by Crippen LogP contribution is -2.56. The Bertz CT molecular complexity index is 1010. The molecule has 2 amide bonds. The summed E-state index contributed by atoms with van der Waals surface area (Å²) in [5, 5.41) is 9.20. The molecule has 8 heteroatoms. The molecule has 1 aromatic rings. The van der Waals surface area contributed by atoms with Crippen LogP contribution in [0.4, 0.5) is 5.69 Å². The van der Waals surface area contributed by atoms with Gasteiger partial charge in [0.1, 0.15) is 11.6 Å². The van der Waals surface area contributed by atoms with E-state index < -0.39 is 35.6 Å². The van der Waals surface area contributed by atoms with E-state index in [-0.39, 0.29) is 25.0 Å². The molecule has 0 aliphatic carbocycles. The summed E-state index contributed by atoms with van der Waals surface area (Å²) >= 11 is 0. The molecule has 1 aromatic carbocycles. The first kappa shape index (κ1) is 26.4. The molecule has 3 heterocycles. The number of para-hydroxylation sites is 1. The molecule has 3 fully saturated rings. The average Bonchev–Trinajstić information content (AvgIpc) is 3.48. The van der Waals surface area contributed by atoms with Crippen LogP contribution in [0.25, 0.3) is 0 Å². The normalized spacial score (nSPS) is 28.3. The van der Waals surface area contributed by atoms with E-state index >= 15 is 0 Å². The van der Waals surface area contributed by atoms with Gasteiger partial charge in [0.25, 0.3) is 5.91 Å². The summed E-state index contributed by atoms with van der Waals surface area (Å²) in [5.41, 5.74) is 1.67. The largest absolute Gasteiger partial charge is 0.466 e. The molecule has 1 spiro atoms. The first-order valence-corrected chi connectivity index (χ1v) is 13.1. The Balaban J connectivity index is 1.76. The second-order valence-corrected chi connectivity index (χ2v) is 10.1. The van der Waals surface area contributed by atoms with Crippen molar-refractivity contribution in [2.24, 2.45) is 11.8 Å². The van der Waals surface area contributed by atoms with Crippen LogP contribution >= 0.6 is 0 Å². The molecule has 0 saturated carbocycles. The number of hydrogen-bond acceptors (Lipinski definition) is 6. The fourth-order valence-electron chi connectivity index (χ4n) is 6.55. The summed E-state index contributed by atoms with van der Waals surface area (Å²) in [5.74, 6) is -2.27. The van der Waals surface area contributed by atoms with Gasteiger partial charge in [0.05, 0.1) is 24.5 Å².